The molecule has 1 heterocycles. The van der Waals surface area contributed by atoms with Gasteiger partial charge < -0.3 is 5.32 Å². The summed E-state index contributed by atoms with van der Waals surface area (Å²) in [5, 5.41) is 5.57. The Morgan fingerprint density at radius 3 is 2.24 bits per heavy atom. The van der Waals surface area contributed by atoms with Gasteiger partial charge >= 0.3 is 0 Å². The Morgan fingerprint density at radius 2 is 1.71 bits per heavy atom. The molecule has 17 heavy (non-hydrogen) atoms. The highest BCUT2D eigenvalue weighted by Crippen LogP contribution is 2.31. The van der Waals surface area contributed by atoms with Crippen LogP contribution in [-0.2, 0) is 0 Å². The molecular formula is C11H6Cl3NOS. The van der Waals surface area contributed by atoms with Crippen molar-refractivity contribution in [2.75, 3.05) is 5.32 Å². The Labute approximate surface area is 117 Å². The minimum Gasteiger partial charge on any atom is -0.319 e. The van der Waals surface area contributed by atoms with Gasteiger partial charge in [-0.05, 0) is 23.6 Å². The number of para-hydroxylation sites is 1. The van der Waals surface area contributed by atoms with E-state index in [9.17, 15) is 4.79 Å². The third-order valence-corrected chi connectivity index (χ3v) is 3.99. The summed E-state index contributed by atoms with van der Waals surface area (Å²) in [7, 11) is 0. The fourth-order valence-electron chi connectivity index (χ4n) is 1.24. The minimum atomic E-state index is -0.319. The van der Waals surface area contributed by atoms with Crippen LogP contribution in [0.5, 0.6) is 0 Å². The fraction of sp³-hybridized carbons (Fsp3) is 0. The zero-order valence-corrected chi connectivity index (χ0v) is 11.4. The van der Waals surface area contributed by atoms with Gasteiger partial charge in [-0.1, -0.05) is 40.9 Å². The predicted molar refractivity (Wildman–Crippen MR) is 73.7 cm³/mol. The molecule has 6 heteroatoms. The molecule has 0 bridgehead atoms. The van der Waals surface area contributed by atoms with Crippen LogP contribution in [-0.4, -0.2) is 5.91 Å². The van der Waals surface area contributed by atoms with Crippen molar-refractivity contribution < 1.29 is 4.79 Å². The average molecular weight is 307 g/mol. The average Bonchev–Trinajstić information content (AvgIpc) is 2.70. The summed E-state index contributed by atoms with van der Waals surface area (Å²) >= 11 is 19.0. The van der Waals surface area contributed by atoms with Crippen LogP contribution in [0, 0.1) is 0 Å². The minimum absolute atomic E-state index is 0.319. The lowest BCUT2D eigenvalue weighted by Gasteiger charge is -2.08. The maximum Gasteiger partial charge on any atom is 0.267 e. The number of hydrogen-bond donors (Lipinski definition) is 1. The van der Waals surface area contributed by atoms with Crippen molar-refractivity contribution in [3.8, 4) is 0 Å². The third kappa shape index (κ3) is 2.75. The molecule has 0 fully saturated rings. The molecule has 2 rings (SSSR count). The summed E-state index contributed by atoms with van der Waals surface area (Å²) in [4.78, 5) is 12.3. The molecule has 1 N–H and O–H groups in total. The van der Waals surface area contributed by atoms with Crippen LogP contribution in [0.15, 0.2) is 29.6 Å². The Balaban J connectivity index is 2.28. The fourth-order valence-corrected chi connectivity index (χ4v) is 2.77. The van der Waals surface area contributed by atoms with Crippen molar-refractivity contribution in [2.24, 2.45) is 0 Å². The van der Waals surface area contributed by atoms with E-state index in [1.165, 1.54) is 11.3 Å². The number of carbonyl (C=O) groups is 1. The van der Waals surface area contributed by atoms with Crippen LogP contribution in [0.1, 0.15) is 9.67 Å². The molecule has 0 aliphatic rings. The number of nitrogens with one attached hydrogen (secondary N) is 1. The second-order valence-electron chi connectivity index (χ2n) is 3.15. The van der Waals surface area contributed by atoms with E-state index in [0.29, 0.717) is 25.6 Å². The van der Waals surface area contributed by atoms with Gasteiger partial charge in [0.15, 0.2) is 0 Å². The molecule has 1 aromatic carbocycles. The van der Waals surface area contributed by atoms with Gasteiger partial charge in [0.1, 0.15) is 4.88 Å². The second kappa shape index (κ2) is 5.27. The number of anilines is 1. The van der Waals surface area contributed by atoms with Crippen molar-refractivity contribution in [1.82, 2.24) is 0 Å². The largest absolute Gasteiger partial charge is 0.319 e. The predicted octanol–water partition coefficient (Wildman–Crippen LogP) is 4.96. The Hall–Kier alpha value is -0.740. The molecule has 0 saturated carbocycles. The molecule has 0 aliphatic heterocycles. The second-order valence-corrected chi connectivity index (χ2v) is 5.29. The molecule has 0 spiro atoms. The number of thiophene rings is 1. The number of benzene rings is 1. The van der Waals surface area contributed by atoms with Gasteiger partial charge in [0.25, 0.3) is 5.91 Å². The van der Waals surface area contributed by atoms with Crippen molar-refractivity contribution in [1.29, 1.82) is 0 Å². The Morgan fingerprint density at radius 1 is 1.06 bits per heavy atom. The topological polar surface area (TPSA) is 29.1 Å². The van der Waals surface area contributed by atoms with E-state index >= 15 is 0 Å². The van der Waals surface area contributed by atoms with Crippen LogP contribution < -0.4 is 5.32 Å². The number of hydrogen-bond acceptors (Lipinski definition) is 2. The number of carbonyl (C=O) groups excluding carboxylic acids is 1. The first-order valence-corrected chi connectivity index (χ1v) is 6.59. The summed E-state index contributed by atoms with van der Waals surface area (Å²) in [5.41, 5.74) is 0.394. The maximum absolute atomic E-state index is 11.9. The standard InChI is InChI=1S/C11H6Cl3NOS/c12-6-2-1-3-7(13)9(6)15-11(16)10-8(14)4-5-17-10/h1-5H,(H,15,16). The van der Waals surface area contributed by atoms with Crippen LogP contribution >= 0.6 is 46.1 Å². The summed E-state index contributed by atoms with van der Waals surface area (Å²) in [6.07, 6.45) is 0. The van der Waals surface area contributed by atoms with E-state index in [0.717, 1.165) is 0 Å². The molecule has 2 aromatic rings. The van der Waals surface area contributed by atoms with E-state index < -0.39 is 0 Å². The molecule has 2 nitrogen and oxygen atoms in total. The molecular weight excluding hydrogens is 301 g/mol. The van der Waals surface area contributed by atoms with Crippen molar-refractivity contribution in [2.45, 2.75) is 0 Å². The molecule has 0 atom stereocenters. The molecule has 1 amide bonds. The van der Waals surface area contributed by atoms with Gasteiger partial charge in [0.2, 0.25) is 0 Å². The quantitative estimate of drug-likeness (QED) is 0.834. The monoisotopic (exact) mass is 305 g/mol. The highest BCUT2D eigenvalue weighted by atomic mass is 35.5. The number of rotatable bonds is 2. The summed E-state index contributed by atoms with van der Waals surface area (Å²) in [6, 6.07) is 6.67. The van der Waals surface area contributed by atoms with Gasteiger partial charge in [0, 0.05) is 0 Å². The summed E-state index contributed by atoms with van der Waals surface area (Å²) in [6.45, 7) is 0. The molecule has 0 unspecified atom stereocenters. The molecule has 88 valence electrons. The normalized spacial score (nSPS) is 10.3. The number of amides is 1. The van der Waals surface area contributed by atoms with Crippen LogP contribution in [0.4, 0.5) is 5.69 Å². The SMILES string of the molecule is O=C(Nc1c(Cl)cccc1Cl)c1sccc1Cl. The Bertz CT molecular complexity index is 547. The summed E-state index contributed by atoms with van der Waals surface area (Å²) < 4.78 is 0. The Kier molecular flexibility index (Phi) is 3.94. The molecule has 0 saturated heterocycles. The van der Waals surface area contributed by atoms with Gasteiger partial charge in [-0.25, -0.2) is 0 Å². The van der Waals surface area contributed by atoms with E-state index in [-0.39, 0.29) is 5.91 Å². The van der Waals surface area contributed by atoms with Gasteiger partial charge in [-0.2, -0.15) is 0 Å². The van der Waals surface area contributed by atoms with Crippen LogP contribution in [0.25, 0.3) is 0 Å². The van der Waals surface area contributed by atoms with E-state index in [1.807, 2.05) is 0 Å². The smallest absolute Gasteiger partial charge is 0.267 e. The van der Waals surface area contributed by atoms with Gasteiger partial charge in [0.05, 0.1) is 20.8 Å². The van der Waals surface area contributed by atoms with E-state index in [4.69, 9.17) is 34.8 Å². The van der Waals surface area contributed by atoms with Crippen LogP contribution in [0.2, 0.25) is 15.1 Å². The lowest BCUT2D eigenvalue weighted by molar-refractivity contribution is 0.103. The van der Waals surface area contributed by atoms with Crippen molar-refractivity contribution >= 4 is 57.7 Å². The van der Waals surface area contributed by atoms with E-state index in [1.54, 1.807) is 29.6 Å². The van der Waals surface area contributed by atoms with Crippen LogP contribution in [0.3, 0.4) is 0 Å². The lowest BCUT2D eigenvalue weighted by Crippen LogP contribution is -2.11. The lowest BCUT2D eigenvalue weighted by atomic mass is 10.3. The van der Waals surface area contributed by atoms with Crippen molar-refractivity contribution in [3.05, 3.63) is 49.6 Å². The maximum atomic E-state index is 11.9. The van der Waals surface area contributed by atoms with Gasteiger partial charge in [-0.3, -0.25) is 4.79 Å². The third-order valence-electron chi connectivity index (χ3n) is 2.02. The highest BCUT2D eigenvalue weighted by Gasteiger charge is 2.15. The molecule has 0 radical (unpaired) electrons. The molecule has 1 aromatic heterocycles. The van der Waals surface area contributed by atoms with Gasteiger partial charge in [-0.15, -0.1) is 11.3 Å². The van der Waals surface area contributed by atoms with E-state index in [2.05, 4.69) is 5.32 Å². The molecule has 0 aliphatic carbocycles. The first-order valence-electron chi connectivity index (χ1n) is 4.58. The number of halogens is 3. The first kappa shape index (κ1) is 12.7. The zero-order valence-electron chi connectivity index (χ0n) is 8.34. The first-order chi connectivity index (χ1) is 8.09. The highest BCUT2D eigenvalue weighted by molar-refractivity contribution is 7.12. The summed E-state index contributed by atoms with van der Waals surface area (Å²) in [5.74, 6) is -0.319. The zero-order chi connectivity index (χ0) is 12.4. The van der Waals surface area contributed by atoms with Crippen molar-refractivity contribution in [3.63, 3.8) is 0 Å².